The van der Waals surface area contributed by atoms with Crippen LogP contribution in [0.25, 0.3) is 10.9 Å². The number of benzene rings is 2. The molecule has 0 saturated carbocycles. The predicted molar refractivity (Wildman–Crippen MR) is 98.7 cm³/mol. The average molecular weight is 350 g/mol. The van der Waals surface area contributed by atoms with E-state index in [1.165, 1.54) is 11.0 Å². The largest absolute Gasteiger partial charge is 0.346 e. The molecule has 0 saturated heterocycles. The molecule has 1 aliphatic rings. The minimum Gasteiger partial charge on any atom is -0.346 e. The van der Waals surface area contributed by atoms with Crippen LogP contribution < -0.4 is 5.43 Å². The number of aryl methyl sites for hydroxylation is 2. The Morgan fingerprint density at radius 3 is 2.81 bits per heavy atom. The lowest BCUT2D eigenvalue weighted by Gasteiger charge is -2.22. The maximum Gasteiger partial charge on any atom is 0.259 e. The predicted octanol–water partition coefficient (Wildman–Crippen LogP) is 3.36. The zero-order chi connectivity index (χ0) is 18.3. The molecule has 3 aromatic rings. The number of pyridine rings is 1. The average Bonchev–Trinajstić information content (AvgIpc) is 2.66. The van der Waals surface area contributed by atoms with Gasteiger partial charge in [-0.05, 0) is 30.5 Å². The van der Waals surface area contributed by atoms with E-state index in [2.05, 4.69) is 0 Å². The van der Waals surface area contributed by atoms with Gasteiger partial charge in [-0.1, -0.05) is 30.3 Å². The lowest BCUT2D eigenvalue weighted by Crippen LogP contribution is -2.32. The first-order valence-electron chi connectivity index (χ1n) is 8.70. The van der Waals surface area contributed by atoms with Gasteiger partial charge in [-0.2, -0.15) is 0 Å². The van der Waals surface area contributed by atoms with E-state index >= 15 is 0 Å². The van der Waals surface area contributed by atoms with E-state index < -0.39 is 0 Å². The fourth-order valence-electron chi connectivity index (χ4n) is 3.67. The first-order chi connectivity index (χ1) is 12.6. The molecule has 0 atom stereocenters. The Kier molecular flexibility index (Phi) is 4.07. The molecule has 0 radical (unpaired) electrons. The summed E-state index contributed by atoms with van der Waals surface area (Å²) in [6.07, 6.45) is 3.58. The summed E-state index contributed by atoms with van der Waals surface area (Å²) in [5.41, 5.74) is 2.37. The van der Waals surface area contributed by atoms with Gasteiger partial charge in [0.15, 0.2) is 0 Å². The molecule has 0 fully saturated rings. The van der Waals surface area contributed by atoms with Crippen molar-refractivity contribution in [3.05, 3.63) is 81.4 Å². The quantitative estimate of drug-likeness (QED) is 0.727. The SMILES string of the molecule is CN(Cc1ccccc1F)C(=O)c1cn2c3c(cccc3c1=O)CCC2. The molecule has 0 spiro atoms. The highest BCUT2D eigenvalue weighted by Crippen LogP contribution is 2.24. The number of rotatable bonds is 3. The van der Waals surface area contributed by atoms with Gasteiger partial charge in [-0.25, -0.2) is 4.39 Å². The van der Waals surface area contributed by atoms with Crippen LogP contribution in [0, 0.1) is 5.82 Å². The van der Waals surface area contributed by atoms with Gasteiger partial charge in [-0.15, -0.1) is 0 Å². The van der Waals surface area contributed by atoms with Crippen LogP contribution in [0.5, 0.6) is 0 Å². The van der Waals surface area contributed by atoms with Crippen LogP contribution in [-0.4, -0.2) is 22.4 Å². The van der Waals surface area contributed by atoms with Crippen molar-refractivity contribution < 1.29 is 9.18 Å². The highest BCUT2D eigenvalue weighted by Gasteiger charge is 2.22. The fourth-order valence-corrected chi connectivity index (χ4v) is 3.67. The molecular formula is C21H19FN2O2. The summed E-state index contributed by atoms with van der Waals surface area (Å²) in [7, 11) is 1.59. The van der Waals surface area contributed by atoms with Crippen LogP contribution in [0.4, 0.5) is 4.39 Å². The molecule has 2 heterocycles. The Morgan fingerprint density at radius 1 is 1.19 bits per heavy atom. The molecule has 1 aromatic heterocycles. The Labute approximate surface area is 150 Å². The van der Waals surface area contributed by atoms with Crippen molar-refractivity contribution in [2.24, 2.45) is 0 Å². The Balaban J connectivity index is 1.75. The molecule has 4 nitrogen and oxygen atoms in total. The summed E-state index contributed by atoms with van der Waals surface area (Å²) in [4.78, 5) is 27.2. The van der Waals surface area contributed by atoms with Gasteiger partial charge < -0.3 is 9.47 Å². The Hall–Kier alpha value is -2.95. The summed E-state index contributed by atoms with van der Waals surface area (Å²) >= 11 is 0. The van der Waals surface area contributed by atoms with Crippen molar-refractivity contribution >= 4 is 16.8 Å². The second kappa shape index (κ2) is 6.41. The van der Waals surface area contributed by atoms with Gasteiger partial charge in [0.05, 0.1) is 5.52 Å². The van der Waals surface area contributed by atoms with Crippen LogP contribution >= 0.6 is 0 Å². The van der Waals surface area contributed by atoms with Crippen LogP contribution in [0.15, 0.2) is 53.5 Å². The number of nitrogens with zero attached hydrogens (tertiary/aromatic N) is 2. The summed E-state index contributed by atoms with van der Waals surface area (Å²) in [5, 5.41) is 0.576. The molecule has 0 bridgehead atoms. The summed E-state index contributed by atoms with van der Waals surface area (Å²) in [5.74, 6) is -0.748. The number of para-hydroxylation sites is 1. The van der Waals surface area contributed by atoms with Gasteiger partial charge in [0, 0.05) is 37.3 Å². The molecule has 0 unspecified atom stereocenters. The molecule has 26 heavy (non-hydrogen) atoms. The number of halogens is 1. The van der Waals surface area contributed by atoms with Gasteiger partial charge in [0.2, 0.25) is 5.43 Å². The monoisotopic (exact) mass is 350 g/mol. The van der Waals surface area contributed by atoms with Crippen LogP contribution in [0.3, 0.4) is 0 Å². The van der Waals surface area contributed by atoms with Crippen LogP contribution in [0.2, 0.25) is 0 Å². The van der Waals surface area contributed by atoms with Crippen molar-refractivity contribution in [3.63, 3.8) is 0 Å². The Bertz CT molecular complexity index is 1070. The summed E-state index contributed by atoms with van der Waals surface area (Å²) in [6, 6.07) is 12.0. The molecule has 5 heteroatoms. The van der Waals surface area contributed by atoms with Crippen molar-refractivity contribution in [2.45, 2.75) is 25.9 Å². The topological polar surface area (TPSA) is 42.3 Å². The molecule has 0 aliphatic carbocycles. The third-order valence-electron chi connectivity index (χ3n) is 4.97. The molecule has 2 aromatic carbocycles. The second-order valence-corrected chi connectivity index (χ2v) is 6.73. The highest BCUT2D eigenvalue weighted by atomic mass is 19.1. The number of hydrogen-bond donors (Lipinski definition) is 0. The summed E-state index contributed by atoms with van der Waals surface area (Å²) in [6.45, 7) is 0.897. The van der Waals surface area contributed by atoms with E-state index in [1.54, 1.807) is 37.5 Å². The highest BCUT2D eigenvalue weighted by molar-refractivity contribution is 5.97. The number of carbonyl (C=O) groups excluding carboxylic acids is 1. The van der Waals surface area contributed by atoms with Crippen LogP contribution in [-0.2, 0) is 19.5 Å². The van der Waals surface area contributed by atoms with Crippen molar-refractivity contribution in [2.75, 3.05) is 7.05 Å². The zero-order valence-corrected chi connectivity index (χ0v) is 14.5. The number of aromatic nitrogens is 1. The van der Waals surface area contributed by atoms with Crippen molar-refractivity contribution in [3.8, 4) is 0 Å². The fraction of sp³-hybridized carbons (Fsp3) is 0.238. The lowest BCUT2D eigenvalue weighted by atomic mass is 9.99. The van der Waals surface area contributed by atoms with Gasteiger partial charge in [-0.3, -0.25) is 9.59 Å². The lowest BCUT2D eigenvalue weighted by molar-refractivity contribution is 0.0782. The standard InChI is InChI=1S/C21H19FN2O2/c1-23(12-15-6-2-3-10-18(15)22)21(26)17-13-24-11-5-8-14-7-4-9-16(19(14)24)20(17)25/h2-4,6-7,9-10,13H,5,8,11-12H2,1H3. The minimum absolute atomic E-state index is 0.114. The van der Waals surface area contributed by atoms with E-state index in [9.17, 15) is 14.0 Å². The van der Waals surface area contributed by atoms with Crippen molar-refractivity contribution in [1.82, 2.24) is 9.47 Å². The van der Waals surface area contributed by atoms with Gasteiger partial charge in [0.25, 0.3) is 5.91 Å². The number of hydrogen-bond acceptors (Lipinski definition) is 2. The molecular weight excluding hydrogens is 331 g/mol. The Morgan fingerprint density at radius 2 is 2.00 bits per heavy atom. The number of amides is 1. The molecule has 1 amide bonds. The molecule has 0 N–H and O–H groups in total. The molecule has 1 aliphatic heterocycles. The summed E-state index contributed by atoms with van der Waals surface area (Å²) < 4.78 is 15.9. The normalized spacial score (nSPS) is 13.0. The zero-order valence-electron chi connectivity index (χ0n) is 14.5. The van der Waals surface area contributed by atoms with E-state index in [0.29, 0.717) is 10.9 Å². The van der Waals surface area contributed by atoms with Crippen molar-refractivity contribution in [1.29, 1.82) is 0 Å². The smallest absolute Gasteiger partial charge is 0.259 e. The third kappa shape index (κ3) is 2.69. The molecule has 4 rings (SSSR count). The van der Waals surface area contributed by atoms with E-state index in [-0.39, 0.29) is 29.3 Å². The van der Waals surface area contributed by atoms with Gasteiger partial charge in [0.1, 0.15) is 11.4 Å². The van der Waals surface area contributed by atoms with E-state index in [1.807, 2.05) is 16.7 Å². The maximum absolute atomic E-state index is 13.9. The first-order valence-corrected chi connectivity index (χ1v) is 8.70. The van der Waals surface area contributed by atoms with E-state index in [0.717, 1.165) is 30.5 Å². The second-order valence-electron chi connectivity index (χ2n) is 6.73. The minimum atomic E-state index is -0.389. The third-order valence-corrected chi connectivity index (χ3v) is 4.97. The number of carbonyl (C=O) groups is 1. The van der Waals surface area contributed by atoms with E-state index in [4.69, 9.17) is 0 Å². The van der Waals surface area contributed by atoms with Crippen LogP contribution in [0.1, 0.15) is 27.9 Å². The molecule has 132 valence electrons. The first kappa shape index (κ1) is 16.5. The maximum atomic E-state index is 13.9. The van der Waals surface area contributed by atoms with Gasteiger partial charge >= 0.3 is 0 Å².